The van der Waals surface area contributed by atoms with Crippen molar-refractivity contribution in [1.82, 2.24) is 20.1 Å². The fraction of sp³-hybridized carbons (Fsp3) is 0.400. The highest BCUT2D eigenvalue weighted by atomic mass is 32.1. The highest BCUT2D eigenvalue weighted by Crippen LogP contribution is 2.04. The van der Waals surface area contributed by atoms with Gasteiger partial charge in [-0.3, -0.25) is 9.67 Å². The molecule has 0 spiro atoms. The van der Waals surface area contributed by atoms with E-state index in [1.165, 1.54) is 4.88 Å². The highest BCUT2D eigenvalue weighted by Gasteiger charge is 2.03. The maximum Gasteiger partial charge on any atom is 0.0794 e. The van der Waals surface area contributed by atoms with Gasteiger partial charge in [0.1, 0.15) is 0 Å². The van der Waals surface area contributed by atoms with Gasteiger partial charge in [0, 0.05) is 36.1 Å². The van der Waals surface area contributed by atoms with Crippen LogP contribution in [0.25, 0.3) is 0 Å². The average Bonchev–Trinajstić information content (AvgIpc) is 2.86. The van der Waals surface area contributed by atoms with Gasteiger partial charge >= 0.3 is 0 Å². The van der Waals surface area contributed by atoms with Crippen LogP contribution in [-0.4, -0.2) is 20.8 Å². The molecule has 0 aliphatic carbocycles. The van der Waals surface area contributed by atoms with Crippen molar-refractivity contribution in [3.05, 3.63) is 35.0 Å². The van der Waals surface area contributed by atoms with Crippen LogP contribution in [0.4, 0.5) is 0 Å². The summed E-state index contributed by atoms with van der Waals surface area (Å²) in [7, 11) is 0. The summed E-state index contributed by atoms with van der Waals surface area (Å²) in [6, 6.07) is 2.35. The molecule has 2 heterocycles. The van der Waals surface area contributed by atoms with Crippen LogP contribution in [0.1, 0.15) is 11.8 Å². The Morgan fingerprint density at radius 2 is 2.53 bits per heavy atom. The molecule has 0 saturated carbocycles. The van der Waals surface area contributed by atoms with Crippen molar-refractivity contribution in [3.63, 3.8) is 0 Å². The summed E-state index contributed by atoms with van der Waals surface area (Å²) >= 11 is 1.68. The average molecular weight is 222 g/mol. The van der Waals surface area contributed by atoms with Crippen LogP contribution in [0.2, 0.25) is 0 Å². The summed E-state index contributed by atoms with van der Waals surface area (Å²) in [5.41, 5.74) is 1.86. The third kappa shape index (κ3) is 3.14. The van der Waals surface area contributed by atoms with Crippen LogP contribution in [0.15, 0.2) is 30.2 Å². The summed E-state index contributed by atoms with van der Waals surface area (Å²) in [5, 5.41) is 7.60. The van der Waals surface area contributed by atoms with E-state index in [0.717, 1.165) is 13.1 Å². The van der Waals surface area contributed by atoms with E-state index in [1.807, 2.05) is 28.7 Å². The first-order valence-corrected chi connectivity index (χ1v) is 5.81. The monoisotopic (exact) mass is 222 g/mol. The molecule has 0 radical (unpaired) electrons. The fourth-order valence-corrected chi connectivity index (χ4v) is 1.90. The second-order valence-electron chi connectivity index (χ2n) is 3.48. The molecule has 15 heavy (non-hydrogen) atoms. The van der Waals surface area contributed by atoms with Gasteiger partial charge in [0.2, 0.25) is 0 Å². The number of thiazole rings is 1. The van der Waals surface area contributed by atoms with Crippen molar-refractivity contribution in [2.75, 3.05) is 0 Å². The molecule has 4 nitrogen and oxygen atoms in total. The van der Waals surface area contributed by atoms with Gasteiger partial charge in [0.05, 0.1) is 12.1 Å². The van der Waals surface area contributed by atoms with Crippen molar-refractivity contribution in [3.8, 4) is 0 Å². The number of hydrogen-bond donors (Lipinski definition) is 1. The van der Waals surface area contributed by atoms with Crippen LogP contribution in [0.3, 0.4) is 0 Å². The number of rotatable bonds is 5. The molecule has 1 N–H and O–H groups in total. The zero-order chi connectivity index (χ0) is 10.5. The third-order valence-electron chi connectivity index (χ3n) is 2.13. The summed E-state index contributed by atoms with van der Waals surface area (Å²) in [6.45, 7) is 3.93. The van der Waals surface area contributed by atoms with Crippen molar-refractivity contribution in [2.45, 2.75) is 26.1 Å². The minimum absolute atomic E-state index is 0.409. The maximum atomic E-state index is 4.17. The van der Waals surface area contributed by atoms with E-state index >= 15 is 0 Å². The Morgan fingerprint density at radius 1 is 1.60 bits per heavy atom. The van der Waals surface area contributed by atoms with E-state index < -0.39 is 0 Å². The molecule has 2 aromatic rings. The minimum Gasteiger partial charge on any atom is -0.307 e. The molecule has 0 aliphatic rings. The van der Waals surface area contributed by atoms with Crippen molar-refractivity contribution < 1.29 is 0 Å². The Kier molecular flexibility index (Phi) is 3.47. The van der Waals surface area contributed by atoms with Crippen LogP contribution >= 0.6 is 11.3 Å². The molecular formula is C10H14N4S. The maximum absolute atomic E-state index is 4.17. The van der Waals surface area contributed by atoms with Gasteiger partial charge in [-0.1, -0.05) is 0 Å². The van der Waals surface area contributed by atoms with Crippen LogP contribution in [0.5, 0.6) is 0 Å². The van der Waals surface area contributed by atoms with E-state index in [0.29, 0.717) is 6.04 Å². The second kappa shape index (κ2) is 5.04. The fourth-order valence-electron chi connectivity index (χ4n) is 1.36. The van der Waals surface area contributed by atoms with E-state index in [9.17, 15) is 0 Å². The number of hydrogen-bond acceptors (Lipinski definition) is 4. The molecule has 0 bridgehead atoms. The zero-order valence-corrected chi connectivity index (χ0v) is 9.44. The van der Waals surface area contributed by atoms with Gasteiger partial charge in [-0.2, -0.15) is 5.10 Å². The van der Waals surface area contributed by atoms with Gasteiger partial charge in [-0.15, -0.1) is 11.3 Å². The molecule has 0 aliphatic heterocycles. The second-order valence-corrected chi connectivity index (χ2v) is 4.45. The van der Waals surface area contributed by atoms with E-state index in [-0.39, 0.29) is 0 Å². The van der Waals surface area contributed by atoms with Gasteiger partial charge in [-0.25, -0.2) is 0 Å². The first-order valence-electron chi connectivity index (χ1n) is 4.93. The van der Waals surface area contributed by atoms with Crippen molar-refractivity contribution in [1.29, 1.82) is 0 Å². The first kappa shape index (κ1) is 10.3. The Morgan fingerprint density at radius 3 is 3.20 bits per heavy atom. The molecule has 80 valence electrons. The number of aromatic nitrogens is 3. The quantitative estimate of drug-likeness (QED) is 0.834. The lowest BCUT2D eigenvalue weighted by molar-refractivity contribution is 0.452. The molecule has 0 amide bonds. The normalized spacial score (nSPS) is 12.9. The van der Waals surface area contributed by atoms with Gasteiger partial charge in [-0.05, 0) is 13.0 Å². The SMILES string of the molecule is CC(Cn1cccn1)NCc1cncs1. The summed E-state index contributed by atoms with van der Waals surface area (Å²) in [4.78, 5) is 5.30. The topological polar surface area (TPSA) is 42.7 Å². The van der Waals surface area contributed by atoms with E-state index in [1.54, 1.807) is 17.5 Å². The predicted octanol–water partition coefficient (Wildman–Crippen LogP) is 1.52. The summed E-state index contributed by atoms with van der Waals surface area (Å²) in [6.07, 6.45) is 5.68. The smallest absolute Gasteiger partial charge is 0.0794 e. The van der Waals surface area contributed by atoms with Crippen LogP contribution in [0, 0.1) is 0 Å². The Bertz CT molecular complexity index is 368. The lowest BCUT2D eigenvalue weighted by atomic mass is 10.3. The number of nitrogens with one attached hydrogen (secondary N) is 1. The van der Waals surface area contributed by atoms with Crippen LogP contribution < -0.4 is 5.32 Å². The molecule has 0 fully saturated rings. The van der Waals surface area contributed by atoms with E-state index in [4.69, 9.17) is 0 Å². The first-order chi connectivity index (χ1) is 7.34. The molecule has 2 aromatic heterocycles. The van der Waals surface area contributed by atoms with Crippen molar-refractivity contribution >= 4 is 11.3 Å². The highest BCUT2D eigenvalue weighted by molar-refractivity contribution is 7.09. The molecule has 0 saturated heterocycles. The minimum atomic E-state index is 0.409. The molecule has 2 rings (SSSR count). The Hall–Kier alpha value is -1.20. The summed E-state index contributed by atoms with van der Waals surface area (Å²) < 4.78 is 1.93. The number of nitrogens with zero attached hydrogens (tertiary/aromatic N) is 3. The molecular weight excluding hydrogens is 208 g/mol. The Balaban J connectivity index is 1.76. The largest absolute Gasteiger partial charge is 0.307 e. The molecule has 0 aromatic carbocycles. The molecule has 5 heteroatoms. The molecule has 1 unspecified atom stereocenters. The van der Waals surface area contributed by atoms with Crippen LogP contribution in [-0.2, 0) is 13.1 Å². The van der Waals surface area contributed by atoms with Gasteiger partial charge in [0.25, 0.3) is 0 Å². The van der Waals surface area contributed by atoms with Crippen molar-refractivity contribution in [2.24, 2.45) is 0 Å². The zero-order valence-electron chi connectivity index (χ0n) is 8.63. The lowest BCUT2D eigenvalue weighted by Gasteiger charge is -2.12. The van der Waals surface area contributed by atoms with Gasteiger partial charge < -0.3 is 5.32 Å². The summed E-state index contributed by atoms with van der Waals surface area (Å²) in [5.74, 6) is 0. The van der Waals surface area contributed by atoms with E-state index in [2.05, 4.69) is 22.3 Å². The van der Waals surface area contributed by atoms with Gasteiger partial charge in [0.15, 0.2) is 0 Å². The third-order valence-corrected chi connectivity index (χ3v) is 2.91. The lowest BCUT2D eigenvalue weighted by Crippen LogP contribution is -2.29. The molecule has 1 atom stereocenters. The Labute approximate surface area is 93.0 Å². The predicted molar refractivity (Wildman–Crippen MR) is 60.6 cm³/mol. The standard InChI is InChI=1S/C10H14N4S/c1-9(7-14-4-2-3-13-14)12-6-10-5-11-8-15-10/h2-5,8-9,12H,6-7H2,1H3.